The summed E-state index contributed by atoms with van der Waals surface area (Å²) in [6.07, 6.45) is 2.16. The highest BCUT2D eigenvalue weighted by Gasteiger charge is 2.14. The van der Waals surface area contributed by atoms with Gasteiger partial charge in [0.2, 0.25) is 0 Å². The zero-order valence-electron chi connectivity index (χ0n) is 10.5. The van der Waals surface area contributed by atoms with E-state index in [1.54, 1.807) is 0 Å². The molecule has 0 amide bonds. The Morgan fingerprint density at radius 2 is 1.57 bits per heavy atom. The van der Waals surface area contributed by atoms with Gasteiger partial charge in [-0.2, -0.15) is 11.8 Å². The quantitative estimate of drug-likeness (QED) is 0.668. The summed E-state index contributed by atoms with van der Waals surface area (Å²) < 4.78 is 0.349. The Bertz CT molecular complexity index is 150. The molecule has 2 N–H and O–H groups in total. The maximum absolute atomic E-state index is 3.47. The van der Waals surface area contributed by atoms with Gasteiger partial charge in [-0.3, -0.25) is 0 Å². The highest BCUT2D eigenvalue weighted by Crippen LogP contribution is 2.19. The van der Waals surface area contributed by atoms with Gasteiger partial charge >= 0.3 is 0 Å². The van der Waals surface area contributed by atoms with Crippen LogP contribution in [0.1, 0.15) is 34.6 Å². The Kier molecular flexibility index (Phi) is 6.10. The molecule has 0 rings (SSSR count). The molecule has 14 heavy (non-hydrogen) atoms. The molecule has 0 heterocycles. The monoisotopic (exact) mass is 218 g/mol. The maximum Gasteiger partial charge on any atom is 0.0225 e. The number of hydrogen-bond donors (Lipinski definition) is 2. The molecule has 3 heteroatoms. The molecule has 0 aromatic carbocycles. The first-order valence-corrected chi connectivity index (χ1v) is 6.50. The summed E-state index contributed by atoms with van der Waals surface area (Å²) in [6.45, 7) is 14.3. The number of rotatable bonds is 6. The molecular weight excluding hydrogens is 192 g/mol. The Balaban J connectivity index is 3.39. The molecule has 86 valence electrons. The van der Waals surface area contributed by atoms with Crippen LogP contribution in [-0.4, -0.2) is 36.2 Å². The van der Waals surface area contributed by atoms with E-state index >= 15 is 0 Å². The van der Waals surface area contributed by atoms with Crippen LogP contribution in [0.4, 0.5) is 0 Å². The predicted octanol–water partition coefficient (Wildman–Crippen LogP) is 2.11. The van der Waals surface area contributed by atoms with Gasteiger partial charge in [-0.15, -0.1) is 0 Å². The minimum atomic E-state index is 0.233. The van der Waals surface area contributed by atoms with Crippen LogP contribution in [0.5, 0.6) is 0 Å². The number of nitrogens with one attached hydrogen (secondary N) is 2. The molecule has 0 aromatic heterocycles. The van der Waals surface area contributed by atoms with Crippen molar-refractivity contribution in [2.45, 2.75) is 44.9 Å². The molecule has 0 aliphatic rings. The second-order valence-electron chi connectivity index (χ2n) is 5.32. The summed E-state index contributed by atoms with van der Waals surface area (Å²) in [5.41, 5.74) is 0.233. The fourth-order valence-corrected chi connectivity index (χ4v) is 1.23. The van der Waals surface area contributed by atoms with E-state index in [1.165, 1.54) is 0 Å². The van der Waals surface area contributed by atoms with Crippen molar-refractivity contribution in [2.75, 3.05) is 25.9 Å². The van der Waals surface area contributed by atoms with E-state index < -0.39 is 0 Å². The van der Waals surface area contributed by atoms with Gasteiger partial charge in [0.05, 0.1) is 0 Å². The summed E-state index contributed by atoms with van der Waals surface area (Å²) in [5.74, 6) is 0. The standard InChI is InChI=1S/C11H26N2S/c1-10(2,3)13-8-7-12-9-11(4,5)14-6/h12-13H,7-9H2,1-6H3. The van der Waals surface area contributed by atoms with Crippen LogP contribution in [0.3, 0.4) is 0 Å². The minimum absolute atomic E-state index is 0.233. The average molecular weight is 218 g/mol. The third-order valence-electron chi connectivity index (χ3n) is 2.06. The van der Waals surface area contributed by atoms with E-state index in [2.05, 4.69) is 51.5 Å². The summed E-state index contributed by atoms with van der Waals surface area (Å²) >= 11 is 1.91. The molecule has 0 fully saturated rings. The molecule has 0 atom stereocenters. The van der Waals surface area contributed by atoms with Gasteiger partial charge in [-0.05, 0) is 40.9 Å². The lowest BCUT2D eigenvalue weighted by molar-refractivity contribution is 0.419. The van der Waals surface area contributed by atoms with E-state index in [4.69, 9.17) is 0 Å². The van der Waals surface area contributed by atoms with Gasteiger partial charge in [0, 0.05) is 29.9 Å². The Morgan fingerprint density at radius 3 is 2.00 bits per heavy atom. The second-order valence-corrected chi connectivity index (χ2v) is 6.83. The smallest absolute Gasteiger partial charge is 0.0225 e. The zero-order chi connectivity index (χ0) is 11.2. The van der Waals surface area contributed by atoms with Gasteiger partial charge < -0.3 is 10.6 Å². The Morgan fingerprint density at radius 1 is 1.00 bits per heavy atom. The molecule has 0 aliphatic carbocycles. The van der Waals surface area contributed by atoms with Crippen LogP contribution >= 0.6 is 11.8 Å². The lowest BCUT2D eigenvalue weighted by Gasteiger charge is -2.24. The van der Waals surface area contributed by atoms with Crippen molar-refractivity contribution in [3.8, 4) is 0 Å². The van der Waals surface area contributed by atoms with E-state index in [-0.39, 0.29) is 5.54 Å². The molecule has 0 unspecified atom stereocenters. The van der Waals surface area contributed by atoms with Crippen LogP contribution in [0, 0.1) is 0 Å². The Labute approximate surface area is 93.6 Å². The lowest BCUT2D eigenvalue weighted by Crippen LogP contribution is -2.42. The van der Waals surface area contributed by atoms with E-state index in [0.717, 1.165) is 19.6 Å². The Hall–Kier alpha value is 0.270. The predicted molar refractivity (Wildman–Crippen MR) is 68.2 cm³/mol. The molecule has 0 aliphatic heterocycles. The molecular formula is C11H26N2S. The summed E-state index contributed by atoms with van der Waals surface area (Å²) in [7, 11) is 0. The maximum atomic E-state index is 3.47. The topological polar surface area (TPSA) is 24.1 Å². The van der Waals surface area contributed by atoms with Crippen molar-refractivity contribution in [3.63, 3.8) is 0 Å². The largest absolute Gasteiger partial charge is 0.314 e. The van der Waals surface area contributed by atoms with Gasteiger partial charge in [0.25, 0.3) is 0 Å². The SMILES string of the molecule is CSC(C)(C)CNCCNC(C)(C)C. The normalized spacial score (nSPS) is 13.3. The third-order valence-corrected chi connectivity index (χ3v) is 3.31. The third kappa shape index (κ3) is 8.85. The van der Waals surface area contributed by atoms with Crippen LogP contribution < -0.4 is 10.6 Å². The van der Waals surface area contributed by atoms with Crippen molar-refractivity contribution in [1.82, 2.24) is 10.6 Å². The fourth-order valence-electron chi connectivity index (χ4n) is 0.987. The zero-order valence-corrected chi connectivity index (χ0v) is 11.3. The van der Waals surface area contributed by atoms with E-state index in [0.29, 0.717) is 4.75 Å². The molecule has 0 saturated carbocycles. The number of hydrogen-bond acceptors (Lipinski definition) is 3. The average Bonchev–Trinajstić information content (AvgIpc) is 2.01. The summed E-state index contributed by atoms with van der Waals surface area (Å²) in [4.78, 5) is 0. The van der Waals surface area contributed by atoms with Crippen molar-refractivity contribution >= 4 is 11.8 Å². The fraction of sp³-hybridized carbons (Fsp3) is 1.00. The molecule has 0 radical (unpaired) electrons. The first kappa shape index (κ1) is 14.3. The molecule has 2 nitrogen and oxygen atoms in total. The van der Waals surface area contributed by atoms with Gasteiger partial charge in [0.1, 0.15) is 0 Å². The first-order valence-electron chi connectivity index (χ1n) is 5.28. The summed E-state index contributed by atoms with van der Waals surface area (Å²) in [6, 6.07) is 0. The highest BCUT2D eigenvalue weighted by atomic mass is 32.2. The van der Waals surface area contributed by atoms with Crippen molar-refractivity contribution < 1.29 is 0 Å². The molecule has 0 spiro atoms. The first-order chi connectivity index (χ1) is 6.27. The van der Waals surface area contributed by atoms with Crippen LogP contribution in [0.2, 0.25) is 0 Å². The van der Waals surface area contributed by atoms with Crippen LogP contribution in [-0.2, 0) is 0 Å². The van der Waals surface area contributed by atoms with Gasteiger partial charge in [-0.25, -0.2) is 0 Å². The molecule has 0 saturated heterocycles. The van der Waals surface area contributed by atoms with E-state index in [9.17, 15) is 0 Å². The summed E-state index contributed by atoms with van der Waals surface area (Å²) in [5, 5.41) is 6.92. The van der Waals surface area contributed by atoms with Crippen molar-refractivity contribution in [3.05, 3.63) is 0 Å². The second kappa shape index (κ2) is 5.99. The highest BCUT2D eigenvalue weighted by molar-refractivity contribution is 7.99. The van der Waals surface area contributed by atoms with Crippen molar-refractivity contribution in [2.24, 2.45) is 0 Å². The van der Waals surface area contributed by atoms with Gasteiger partial charge in [0.15, 0.2) is 0 Å². The van der Waals surface area contributed by atoms with Crippen molar-refractivity contribution in [1.29, 1.82) is 0 Å². The molecule has 0 bridgehead atoms. The lowest BCUT2D eigenvalue weighted by atomic mass is 10.1. The van der Waals surface area contributed by atoms with Crippen LogP contribution in [0.15, 0.2) is 0 Å². The number of thioether (sulfide) groups is 1. The van der Waals surface area contributed by atoms with Gasteiger partial charge in [-0.1, -0.05) is 0 Å². The van der Waals surface area contributed by atoms with Crippen LogP contribution in [0.25, 0.3) is 0 Å². The minimum Gasteiger partial charge on any atom is -0.314 e. The van der Waals surface area contributed by atoms with E-state index in [1.807, 2.05) is 11.8 Å². The molecule has 0 aromatic rings.